The van der Waals surface area contributed by atoms with Crippen molar-refractivity contribution >= 4 is 11.8 Å². The molecular formula is C25H27FN2O3. The maximum Gasteiger partial charge on any atom is 0.257 e. The van der Waals surface area contributed by atoms with Crippen LogP contribution in [0.4, 0.5) is 4.39 Å². The highest BCUT2D eigenvalue weighted by Crippen LogP contribution is 2.15. The van der Waals surface area contributed by atoms with Crippen molar-refractivity contribution in [2.75, 3.05) is 13.1 Å². The molecule has 0 bridgehead atoms. The van der Waals surface area contributed by atoms with Gasteiger partial charge in [-0.1, -0.05) is 49.4 Å². The summed E-state index contributed by atoms with van der Waals surface area (Å²) in [5.41, 5.74) is 0.946. The quantitative estimate of drug-likeness (QED) is 0.497. The Kier molecular flexibility index (Phi) is 7.60. The van der Waals surface area contributed by atoms with Gasteiger partial charge in [0, 0.05) is 13.1 Å². The normalized spacial score (nSPS) is 10.7. The summed E-state index contributed by atoms with van der Waals surface area (Å²) in [4.78, 5) is 29.3. The number of carbonyl (C=O) groups excluding carboxylic acids is 2. The van der Waals surface area contributed by atoms with Crippen molar-refractivity contribution in [1.29, 1.82) is 0 Å². The highest BCUT2D eigenvalue weighted by Gasteiger charge is 2.24. The summed E-state index contributed by atoms with van der Waals surface area (Å²) in [6.45, 7) is 4.66. The molecule has 31 heavy (non-hydrogen) atoms. The van der Waals surface area contributed by atoms with E-state index in [1.807, 2.05) is 56.3 Å². The van der Waals surface area contributed by atoms with Gasteiger partial charge in [0.15, 0.2) is 0 Å². The molecular weight excluding hydrogens is 395 g/mol. The molecule has 1 heterocycles. The monoisotopic (exact) mass is 422 g/mol. The average molecular weight is 423 g/mol. The summed E-state index contributed by atoms with van der Waals surface area (Å²) in [5, 5.41) is 0. The standard InChI is InChI=1S/C25H27FN2O3/c1-3-15-27(25(30)22-11-7-8-12-23(22)26)18-24(29)28(16-20-9-5-4-6-10-20)17-21-14-13-19(2)31-21/h4-14H,3,15-18H2,1-2H3. The molecule has 1 aromatic heterocycles. The first-order valence-electron chi connectivity index (χ1n) is 10.4. The average Bonchev–Trinajstić information content (AvgIpc) is 3.18. The Balaban J connectivity index is 1.80. The van der Waals surface area contributed by atoms with Crippen molar-refractivity contribution in [3.05, 3.63) is 95.2 Å². The fourth-order valence-electron chi connectivity index (χ4n) is 3.38. The van der Waals surface area contributed by atoms with Crippen LogP contribution in [0, 0.1) is 12.7 Å². The second-order valence-electron chi connectivity index (χ2n) is 7.45. The van der Waals surface area contributed by atoms with Gasteiger partial charge < -0.3 is 14.2 Å². The molecule has 0 aliphatic carbocycles. The van der Waals surface area contributed by atoms with E-state index >= 15 is 0 Å². The van der Waals surface area contributed by atoms with Gasteiger partial charge in [0.1, 0.15) is 23.9 Å². The third kappa shape index (κ3) is 6.04. The molecule has 0 spiro atoms. The van der Waals surface area contributed by atoms with Gasteiger partial charge in [-0.05, 0) is 43.2 Å². The van der Waals surface area contributed by atoms with Gasteiger partial charge in [-0.3, -0.25) is 9.59 Å². The van der Waals surface area contributed by atoms with Gasteiger partial charge >= 0.3 is 0 Å². The zero-order valence-corrected chi connectivity index (χ0v) is 17.9. The largest absolute Gasteiger partial charge is 0.464 e. The van der Waals surface area contributed by atoms with E-state index in [2.05, 4.69) is 0 Å². The van der Waals surface area contributed by atoms with Gasteiger partial charge in [0.25, 0.3) is 5.91 Å². The number of hydrogen-bond donors (Lipinski definition) is 0. The Morgan fingerprint density at radius 3 is 2.26 bits per heavy atom. The van der Waals surface area contributed by atoms with Gasteiger partial charge in [0.2, 0.25) is 5.91 Å². The number of nitrogens with zero attached hydrogens (tertiary/aromatic N) is 2. The second-order valence-corrected chi connectivity index (χ2v) is 7.45. The van der Waals surface area contributed by atoms with E-state index in [0.29, 0.717) is 25.3 Å². The third-order valence-electron chi connectivity index (χ3n) is 4.92. The molecule has 2 amide bonds. The minimum absolute atomic E-state index is 0.0278. The highest BCUT2D eigenvalue weighted by atomic mass is 19.1. The van der Waals surface area contributed by atoms with E-state index in [9.17, 15) is 14.0 Å². The van der Waals surface area contributed by atoms with E-state index in [0.717, 1.165) is 11.3 Å². The van der Waals surface area contributed by atoms with Crippen molar-refractivity contribution in [1.82, 2.24) is 9.80 Å². The summed E-state index contributed by atoms with van der Waals surface area (Å²) in [7, 11) is 0. The van der Waals surface area contributed by atoms with E-state index in [1.165, 1.54) is 23.1 Å². The SMILES string of the molecule is CCCN(CC(=O)N(Cc1ccccc1)Cc1ccc(C)o1)C(=O)c1ccccc1F. The van der Waals surface area contributed by atoms with Crippen LogP contribution in [0.25, 0.3) is 0 Å². The molecule has 0 aliphatic heterocycles. The molecule has 0 aliphatic rings. The van der Waals surface area contributed by atoms with E-state index < -0.39 is 11.7 Å². The van der Waals surface area contributed by atoms with Crippen LogP contribution in [-0.2, 0) is 17.9 Å². The number of aryl methyl sites for hydroxylation is 1. The fourth-order valence-corrected chi connectivity index (χ4v) is 3.38. The number of furan rings is 1. The Labute approximate surface area is 182 Å². The number of benzene rings is 2. The molecule has 0 saturated heterocycles. The lowest BCUT2D eigenvalue weighted by molar-refractivity contribution is -0.133. The molecule has 3 aromatic rings. The Hall–Kier alpha value is -3.41. The van der Waals surface area contributed by atoms with Crippen LogP contribution in [0.2, 0.25) is 0 Å². The summed E-state index contributed by atoms with van der Waals surface area (Å²) in [6, 6.07) is 19.2. The maximum absolute atomic E-state index is 14.2. The highest BCUT2D eigenvalue weighted by molar-refractivity contribution is 5.96. The van der Waals surface area contributed by atoms with E-state index in [1.54, 1.807) is 11.0 Å². The number of hydrogen-bond acceptors (Lipinski definition) is 3. The maximum atomic E-state index is 14.2. The summed E-state index contributed by atoms with van der Waals surface area (Å²) in [6.07, 6.45) is 0.656. The zero-order chi connectivity index (χ0) is 22.2. The number of rotatable bonds is 9. The second kappa shape index (κ2) is 10.6. The van der Waals surface area contributed by atoms with Crippen LogP contribution < -0.4 is 0 Å². The van der Waals surface area contributed by atoms with Crippen molar-refractivity contribution in [2.24, 2.45) is 0 Å². The molecule has 6 heteroatoms. The lowest BCUT2D eigenvalue weighted by Gasteiger charge is -2.27. The molecule has 3 rings (SSSR count). The minimum Gasteiger partial charge on any atom is -0.464 e. The predicted molar refractivity (Wildman–Crippen MR) is 117 cm³/mol. The smallest absolute Gasteiger partial charge is 0.257 e. The summed E-state index contributed by atoms with van der Waals surface area (Å²) in [5.74, 6) is 0.139. The molecule has 0 N–H and O–H groups in total. The molecule has 0 fully saturated rings. The van der Waals surface area contributed by atoms with Crippen LogP contribution in [0.15, 0.2) is 71.1 Å². The van der Waals surface area contributed by atoms with Gasteiger partial charge in [0.05, 0.1) is 12.1 Å². The van der Waals surface area contributed by atoms with Crippen molar-refractivity contribution in [2.45, 2.75) is 33.4 Å². The molecule has 0 unspecified atom stereocenters. The molecule has 162 valence electrons. The number of amides is 2. The molecule has 0 saturated carbocycles. The fraction of sp³-hybridized carbons (Fsp3) is 0.280. The molecule has 2 aromatic carbocycles. The number of carbonyl (C=O) groups is 2. The van der Waals surface area contributed by atoms with Crippen LogP contribution in [0.1, 0.15) is 40.8 Å². The first-order valence-corrected chi connectivity index (χ1v) is 10.4. The van der Waals surface area contributed by atoms with Crippen LogP contribution >= 0.6 is 0 Å². The van der Waals surface area contributed by atoms with Crippen LogP contribution in [-0.4, -0.2) is 34.7 Å². The van der Waals surface area contributed by atoms with E-state index in [4.69, 9.17) is 4.42 Å². The lowest BCUT2D eigenvalue weighted by Crippen LogP contribution is -2.43. The lowest BCUT2D eigenvalue weighted by atomic mass is 10.1. The first-order chi connectivity index (χ1) is 15.0. The van der Waals surface area contributed by atoms with Crippen molar-refractivity contribution in [3.63, 3.8) is 0 Å². The molecule has 0 radical (unpaired) electrons. The summed E-state index contributed by atoms with van der Waals surface area (Å²) < 4.78 is 19.8. The third-order valence-corrected chi connectivity index (χ3v) is 4.92. The van der Waals surface area contributed by atoms with Gasteiger partial charge in [-0.2, -0.15) is 0 Å². The topological polar surface area (TPSA) is 53.8 Å². The first kappa shape index (κ1) is 22.3. The van der Waals surface area contributed by atoms with Crippen molar-refractivity contribution < 1.29 is 18.4 Å². The van der Waals surface area contributed by atoms with E-state index in [-0.39, 0.29) is 24.6 Å². The van der Waals surface area contributed by atoms with Crippen LogP contribution in [0.5, 0.6) is 0 Å². The minimum atomic E-state index is -0.590. The number of halogens is 1. The zero-order valence-electron chi connectivity index (χ0n) is 17.9. The Morgan fingerprint density at radius 1 is 0.903 bits per heavy atom. The Bertz CT molecular complexity index is 1020. The van der Waals surface area contributed by atoms with Gasteiger partial charge in [-0.15, -0.1) is 0 Å². The molecule has 0 atom stereocenters. The summed E-state index contributed by atoms with van der Waals surface area (Å²) >= 11 is 0. The predicted octanol–water partition coefficient (Wildman–Crippen LogP) is 4.81. The van der Waals surface area contributed by atoms with Crippen molar-refractivity contribution in [3.8, 4) is 0 Å². The van der Waals surface area contributed by atoms with Crippen LogP contribution in [0.3, 0.4) is 0 Å². The van der Waals surface area contributed by atoms with Gasteiger partial charge in [-0.25, -0.2) is 4.39 Å². The molecule has 5 nitrogen and oxygen atoms in total. The Morgan fingerprint density at radius 2 is 1.61 bits per heavy atom.